The van der Waals surface area contributed by atoms with E-state index in [1.165, 1.54) is 11.1 Å². The van der Waals surface area contributed by atoms with Crippen molar-refractivity contribution in [2.75, 3.05) is 0 Å². The fraction of sp³-hybridized carbons (Fsp3) is 0.417. The van der Waals surface area contributed by atoms with Crippen molar-refractivity contribution in [3.05, 3.63) is 34.9 Å². The summed E-state index contributed by atoms with van der Waals surface area (Å²) in [6, 6.07) is 6.02. The first-order valence-corrected chi connectivity index (χ1v) is 4.80. The molecule has 0 radical (unpaired) electrons. The monoisotopic (exact) mass is 174 g/mol. The molecule has 13 heavy (non-hydrogen) atoms. The third-order valence-corrected chi connectivity index (χ3v) is 2.80. The van der Waals surface area contributed by atoms with Crippen molar-refractivity contribution < 1.29 is 4.79 Å². The van der Waals surface area contributed by atoms with Gasteiger partial charge in [-0.2, -0.15) is 0 Å². The number of hydrogen-bond donors (Lipinski definition) is 0. The van der Waals surface area contributed by atoms with Gasteiger partial charge in [0.2, 0.25) is 0 Å². The molecule has 0 fully saturated rings. The molecule has 0 spiro atoms. The molecule has 0 saturated carbocycles. The van der Waals surface area contributed by atoms with E-state index in [1.54, 1.807) is 0 Å². The zero-order chi connectivity index (χ0) is 9.42. The third kappa shape index (κ3) is 1.39. The maximum Gasteiger partial charge on any atom is 0.163 e. The summed E-state index contributed by atoms with van der Waals surface area (Å²) in [6.07, 6.45) is 1.78. The highest BCUT2D eigenvalue weighted by Crippen LogP contribution is 2.27. The average Bonchev–Trinajstić information content (AvgIpc) is 2.07. The Kier molecular flexibility index (Phi) is 1.95. The topological polar surface area (TPSA) is 17.1 Å². The van der Waals surface area contributed by atoms with E-state index >= 15 is 0 Å². The van der Waals surface area contributed by atoms with Gasteiger partial charge in [0.15, 0.2) is 5.78 Å². The predicted molar refractivity (Wildman–Crippen MR) is 53.0 cm³/mol. The van der Waals surface area contributed by atoms with Gasteiger partial charge in [-0.1, -0.05) is 25.1 Å². The van der Waals surface area contributed by atoms with Crippen molar-refractivity contribution >= 4 is 5.78 Å². The molecule has 1 aromatic carbocycles. The van der Waals surface area contributed by atoms with E-state index in [9.17, 15) is 4.79 Å². The lowest BCUT2D eigenvalue weighted by molar-refractivity contribution is 0.0953. The Balaban J connectivity index is 2.55. The van der Waals surface area contributed by atoms with Gasteiger partial charge in [0, 0.05) is 12.0 Å². The quantitative estimate of drug-likeness (QED) is 0.591. The van der Waals surface area contributed by atoms with Gasteiger partial charge in [-0.15, -0.1) is 0 Å². The number of rotatable bonds is 0. The Morgan fingerprint density at radius 3 is 2.85 bits per heavy atom. The van der Waals surface area contributed by atoms with Crippen LogP contribution in [-0.2, 0) is 6.42 Å². The van der Waals surface area contributed by atoms with Gasteiger partial charge in [0.05, 0.1) is 0 Å². The lowest BCUT2D eigenvalue weighted by atomic mass is 9.82. The first-order valence-electron chi connectivity index (χ1n) is 4.80. The van der Waals surface area contributed by atoms with Gasteiger partial charge in [-0.25, -0.2) is 0 Å². The average molecular weight is 174 g/mol. The second kappa shape index (κ2) is 2.99. The Hall–Kier alpha value is -1.11. The molecule has 1 aliphatic carbocycles. The molecule has 68 valence electrons. The largest absolute Gasteiger partial charge is 0.294 e. The summed E-state index contributed by atoms with van der Waals surface area (Å²) in [5.41, 5.74) is 3.49. The molecule has 1 unspecified atom stereocenters. The van der Waals surface area contributed by atoms with Gasteiger partial charge in [-0.3, -0.25) is 4.79 Å². The second-order valence-corrected chi connectivity index (χ2v) is 4.04. The summed E-state index contributed by atoms with van der Waals surface area (Å²) in [7, 11) is 0. The van der Waals surface area contributed by atoms with Crippen LogP contribution in [0.1, 0.15) is 34.8 Å². The molecule has 1 atom stereocenters. The van der Waals surface area contributed by atoms with Crippen LogP contribution in [-0.4, -0.2) is 5.78 Å². The molecule has 2 rings (SSSR count). The molecule has 0 bridgehead atoms. The predicted octanol–water partition coefficient (Wildman–Crippen LogP) is 2.76. The SMILES string of the molecule is Cc1cccc2c1CC(C)CC2=O. The molecule has 0 aromatic heterocycles. The smallest absolute Gasteiger partial charge is 0.163 e. The number of ketones is 1. The number of fused-ring (bicyclic) bond motifs is 1. The minimum Gasteiger partial charge on any atom is -0.294 e. The fourth-order valence-electron chi connectivity index (χ4n) is 2.08. The molecule has 1 nitrogen and oxygen atoms in total. The van der Waals surface area contributed by atoms with Crippen LogP contribution in [0.25, 0.3) is 0 Å². The van der Waals surface area contributed by atoms with Crippen LogP contribution >= 0.6 is 0 Å². The fourth-order valence-corrected chi connectivity index (χ4v) is 2.08. The number of benzene rings is 1. The zero-order valence-corrected chi connectivity index (χ0v) is 8.13. The summed E-state index contributed by atoms with van der Waals surface area (Å²) in [5, 5.41) is 0. The molecule has 0 N–H and O–H groups in total. The zero-order valence-electron chi connectivity index (χ0n) is 8.13. The standard InChI is InChI=1S/C12H14O/c1-8-6-11-9(2)4-3-5-10(11)12(13)7-8/h3-5,8H,6-7H2,1-2H3. The Morgan fingerprint density at radius 2 is 2.08 bits per heavy atom. The first kappa shape index (κ1) is 8.49. The van der Waals surface area contributed by atoms with Crippen LogP contribution in [0.3, 0.4) is 0 Å². The minimum absolute atomic E-state index is 0.317. The van der Waals surface area contributed by atoms with E-state index in [-0.39, 0.29) is 0 Å². The minimum atomic E-state index is 0.317. The van der Waals surface area contributed by atoms with E-state index in [2.05, 4.69) is 19.9 Å². The number of hydrogen-bond acceptors (Lipinski definition) is 1. The van der Waals surface area contributed by atoms with Crippen LogP contribution in [0.4, 0.5) is 0 Å². The molecular weight excluding hydrogens is 160 g/mol. The molecule has 0 aliphatic heterocycles. The van der Waals surface area contributed by atoms with E-state index in [0.29, 0.717) is 11.7 Å². The maximum absolute atomic E-state index is 11.6. The summed E-state index contributed by atoms with van der Waals surface area (Å²) in [6.45, 7) is 4.23. The van der Waals surface area contributed by atoms with E-state index in [4.69, 9.17) is 0 Å². The molecule has 1 heteroatoms. The van der Waals surface area contributed by atoms with Crippen LogP contribution < -0.4 is 0 Å². The summed E-state index contributed by atoms with van der Waals surface area (Å²) < 4.78 is 0. The number of Topliss-reactive ketones (excluding diaryl/α,β-unsaturated/α-hetero) is 1. The van der Waals surface area contributed by atoms with Crippen molar-refractivity contribution in [1.29, 1.82) is 0 Å². The van der Waals surface area contributed by atoms with Crippen LogP contribution in [0.2, 0.25) is 0 Å². The number of aryl methyl sites for hydroxylation is 1. The maximum atomic E-state index is 11.6. The van der Waals surface area contributed by atoms with E-state index in [0.717, 1.165) is 18.4 Å². The normalized spacial score (nSPS) is 21.4. The molecular formula is C12H14O. The van der Waals surface area contributed by atoms with Crippen LogP contribution in [0.5, 0.6) is 0 Å². The van der Waals surface area contributed by atoms with Crippen molar-refractivity contribution in [1.82, 2.24) is 0 Å². The lowest BCUT2D eigenvalue weighted by Crippen LogP contribution is -2.18. The molecule has 0 amide bonds. The lowest BCUT2D eigenvalue weighted by Gasteiger charge is -2.21. The highest BCUT2D eigenvalue weighted by molar-refractivity contribution is 5.98. The van der Waals surface area contributed by atoms with Gasteiger partial charge >= 0.3 is 0 Å². The molecule has 1 aromatic rings. The van der Waals surface area contributed by atoms with Crippen LogP contribution in [0.15, 0.2) is 18.2 Å². The van der Waals surface area contributed by atoms with Crippen molar-refractivity contribution in [2.24, 2.45) is 5.92 Å². The Bertz CT molecular complexity index is 352. The molecule has 0 saturated heterocycles. The Labute approximate surface area is 78.8 Å². The molecule has 0 heterocycles. The third-order valence-electron chi connectivity index (χ3n) is 2.80. The molecule has 1 aliphatic rings. The summed E-state index contributed by atoms with van der Waals surface area (Å²) in [5.74, 6) is 0.832. The second-order valence-electron chi connectivity index (χ2n) is 4.04. The van der Waals surface area contributed by atoms with Crippen molar-refractivity contribution in [3.8, 4) is 0 Å². The van der Waals surface area contributed by atoms with Crippen molar-refractivity contribution in [2.45, 2.75) is 26.7 Å². The summed E-state index contributed by atoms with van der Waals surface area (Å²) in [4.78, 5) is 11.6. The van der Waals surface area contributed by atoms with Crippen molar-refractivity contribution in [3.63, 3.8) is 0 Å². The van der Waals surface area contributed by atoms with Gasteiger partial charge < -0.3 is 0 Å². The number of carbonyl (C=O) groups is 1. The van der Waals surface area contributed by atoms with Gasteiger partial charge in [0.25, 0.3) is 0 Å². The summed E-state index contributed by atoms with van der Waals surface area (Å²) >= 11 is 0. The number of carbonyl (C=O) groups excluding carboxylic acids is 1. The van der Waals surface area contributed by atoms with E-state index < -0.39 is 0 Å². The highest BCUT2D eigenvalue weighted by Gasteiger charge is 2.22. The van der Waals surface area contributed by atoms with Gasteiger partial charge in [0.1, 0.15) is 0 Å². The first-order chi connectivity index (χ1) is 6.18. The Morgan fingerprint density at radius 1 is 1.31 bits per heavy atom. The van der Waals surface area contributed by atoms with Crippen LogP contribution in [0, 0.1) is 12.8 Å². The van der Waals surface area contributed by atoms with Gasteiger partial charge in [-0.05, 0) is 30.4 Å². The highest BCUT2D eigenvalue weighted by atomic mass is 16.1. The van der Waals surface area contributed by atoms with E-state index in [1.807, 2.05) is 12.1 Å².